The number of hydrogen-bond donors (Lipinski definition) is 1. The highest BCUT2D eigenvalue weighted by atomic mass is 16.3. The SMILES string of the molecule is CC(C)C(CCO)CN1C(=O)c2ccccc2C1=O. The van der Waals surface area contributed by atoms with Crippen LogP contribution in [-0.2, 0) is 0 Å². The highest BCUT2D eigenvalue weighted by Crippen LogP contribution is 2.26. The van der Waals surface area contributed by atoms with Crippen molar-refractivity contribution < 1.29 is 14.7 Å². The zero-order chi connectivity index (χ0) is 14.0. The van der Waals surface area contributed by atoms with Crippen molar-refractivity contribution in [3.63, 3.8) is 0 Å². The number of imide groups is 1. The molecule has 0 bridgehead atoms. The number of fused-ring (bicyclic) bond motifs is 1. The van der Waals surface area contributed by atoms with Crippen LogP contribution in [0, 0.1) is 11.8 Å². The van der Waals surface area contributed by atoms with Crippen LogP contribution >= 0.6 is 0 Å². The monoisotopic (exact) mass is 261 g/mol. The normalized spacial score (nSPS) is 16.1. The van der Waals surface area contributed by atoms with E-state index in [1.54, 1.807) is 24.3 Å². The van der Waals surface area contributed by atoms with Crippen LogP contribution in [0.15, 0.2) is 24.3 Å². The molecular formula is C15H19NO3. The first-order valence-corrected chi connectivity index (χ1v) is 6.62. The molecule has 0 aliphatic carbocycles. The van der Waals surface area contributed by atoms with Gasteiger partial charge in [0.2, 0.25) is 0 Å². The van der Waals surface area contributed by atoms with Gasteiger partial charge in [-0.3, -0.25) is 14.5 Å². The van der Waals surface area contributed by atoms with Crippen molar-refractivity contribution in [3.8, 4) is 0 Å². The van der Waals surface area contributed by atoms with Crippen LogP contribution in [0.2, 0.25) is 0 Å². The fraction of sp³-hybridized carbons (Fsp3) is 0.467. The third-order valence-electron chi connectivity index (χ3n) is 3.74. The summed E-state index contributed by atoms with van der Waals surface area (Å²) in [5.74, 6) is 0.0112. The molecule has 0 fully saturated rings. The molecule has 1 unspecified atom stereocenters. The third-order valence-corrected chi connectivity index (χ3v) is 3.74. The van der Waals surface area contributed by atoms with Crippen LogP contribution in [0.4, 0.5) is 0 Å². The van der Waals surface area contributed by atoms with Crippen LogP contribution in [0.3, 0.4) is 0 Å². The van der Waals surface area contributed by atoms with E-state index in [2.05, 4.69) is 0 Å². The second-order valence-electron chi connectivity index (χ2n) is 5.28. The van der Waals surface area contributed by atoms with Gasteiger partial charge in [-0.15, -0.1) is 0 Å². The molecule has 1 atom stereocenters. The lowest BCUT2D eigenvalue weighted by Gasteiger charge is -2.24. The number of amides is 2. The molecule has 1 aliphatic rings. The van der Waals surface area contributed by atoms with Gasteiger partial charge in [-0.25, -0.2) is 0 Å². The number of benzene rings is 1. The van der Waals surface area contributed by atoms with Crippen molar-refractivity contribution in [1.29, 1.82) is 0 Å². The van der Waals surface area contributed by atoms with E-state index in [0.29, 0.717) is 30.0 Å². The molecule has 1 heterocycles. The summed E-state index contributed by atoms with van der Waals surface area (Å²) in [6.07, 6.45) is 0.602. The Morgan fingerprint density at radius 3 is 2.05 bits per heavy atom. The number of aliphatic hydroxyl groups excluding tert-OH is 1. The fourth-order valence-electron chi connectivity index (χ4n) is 2.44. The Bertz CT molecular complexity index is 461. The molecular weight excluding hydrogens is 242 g/mol. The molecule has 1 aliphatic heterocycles. The molecule has 102 valence electrons. The van der Waals surface area contributed by atoms with Gasteiger partial charge in [0.05, 0.1) is 11.1 Å². The lowest BCUT2D eigenvalue weighted by Crippen LogP contribution is -2.36. The van der Waals surface area contributed by atoms with Crippen molar-refractivity contribution in [2.75, 3.05) is 13.2 Å². The van der Waals surface area contributed by atoms with Crippen LogP contribution in [0.1, 0.15) is 41.0 Å². The Kier molecular flexibility index (Phi) is 4.00. The van der Waals surface area contributed by atoms with Gasteiger partial charge in [-0.1, -0.05) is 26.0 Å². The van der Waals surface area contributed by atoms with Gasteiger partial charge in [-0.05, 0) is 30.4 Å². The molecule has 0 saturated carbocycles. The van der Waals surface area contributed by atoms with Gasteiger partial charge < -0.3 is 5.11 Å². The summed E-state index contributed by atoms with van der Waals surface area (Å²) in [5.41, 5.74) is 0.970. The van der Waals surface area contributed by atoms with E-state index in [4.69, 9.17) is 5.11 Å². The quantitative estimate of drug-likeness (QED) is 0.824. The van der Waals surface area contributed by atoms with Crippen LogP contribution in [0.25, 0.3) is 0 Å². The van der Waals surface area contributed by atoms with Gasteiger partial charge in [0.15, 0.2) is 0 Å². The number of aliphatic hydroxyl groups is 1. The molecule has 0 saturated heterocycles. The number of carbonyl (C=O) groups excluding carboxylic acids is 2. The number of hydrogen-bond acceptors (Lipinski definition) is 3. The van der Waals surface area contributed by atoms with Crippen molar-refractivity contribution in [2.24, 2.45) is 11.8 Å². The third kappa shape index (κ3) is 2.54. The summed E-state index contributed by atoms with van der Waals surface area (Å²) in [7, 11) is 0. The lowest BCUT2D eigenvalue weighted by atomic mass is 9.92. The van der Waals surface area contributed by atoms with Gasteiger partial charge in [0, 0.05) is 13.2 Å². The summed E-state index contributed by atoms with van der Waals surface area (Å²) in [6.45, 7) is 4.54. The highest BCUT2D eigenvalue weighted by molar-refractivity contribution is 6.21. The smallest absolute Gasteiger partial charge is 0.261 e. The van der Waals surface area contributed by atoms with Gasteiger partial charge >= 0.3 is 0 Å². The summed E-state index contributed by atoms with van der Waals surface area (Å²) >= 11 is 0. The molecule has 1 aromatic carbocycles. The fourth-order valence-corrected chi connectivity index (χ4v) is 2.44. The average molecular weight is 261 g/mol. The van der Waals surface area contributed by atoms with Crippen molar-refractivity contribution in [1.82, 2.24) is 4.90 Å². The molecule has 2 rings (SSSR count). The second-order valence-corrected chi connectivity index (χ2v) is 5.28. The topological polar surface area (TPSA) is 57.6 Å². The van der Waals surface area contributed by atoms with Crippen LogP contribution < -0.4 is 0 Å². The predicted molar refractivity (Wildman–Crippen MR) is 71.8 cm³/mol. The number of rotatable bonds is 5. The van der Waals surface area contributed by atoms with E-state index >= 15 is 0 Å². The standard InChI is InChI=1S/C15H19NO3/c1-10(2)11(7-8-17)9-16-14(18)12-5-3-4-6-13(12)15(16)19/h3-6,10-11,17H,7-9H2,1-2H3. The highest BCUT2D eigenvalue weighted by Gasteiger charge is 2.36. The molecule has 2 amide bonds. The summed E-state index contributed by atoms with van der Waals surface area (Å²) < 4.78 is 0. The maximum atomic E-state index is 12.2. The van der Waals surface area contributed by atoms with E-state index in [9.17, 15) is 9.59 Å². The Balaban J connectivity index is 2.20. The van der Waals surface area contributed by atoms with Gasteiger partial charge in [-0.2, -0.15) is 0 Å². The predicted octanol–water partition coefficient (Wildman–Crippen LogP) is 1.94. The Morgan fingerprint density at radius 2 is 1.63 bits per heavy atom. The lowest BCUT2D eigenvalue weighted by molar-refractivity contribution is 0.0602. The molecule has 1 aromatic rings. The molecule has 4 heteroatoms. The number of carbonyl (C=O) groups is 2. The first-order chi connectivity index (χ1) is 9.06. The largest absolute Gasteiger partial charge is 0.396 e. The van der Waals surface area contributed by atoms with E-state index in [0.717, 1.165) is 0 Å². The Labute approximate surface area is 113 Å². The molecule has 1 N–H and O–H groups in total. The first-order valence-electron chi connectivity index (χ1n) is 6.62. The van der Waals surface area contributed by atoms with E-state index in [1.807, 2.05) is 13.8 Å². The summed E-state index contributed by atoms with van der Waals surface area (Å²) in [5, 5.41) is 9.08. The molecule has 0 spiro atoms. The second kappa shape index (κ2) is 5.53. The first kappa shape index (κ1) is 13.7. The maximum Gasteiger partial charge on any atom is 0.261 e. The maximum absolute atomic E-state index is 12.2. The summed E-state index contributed by atoms with van der Waals surface area (Å²) in [4.78, 5) is 25.7. The van der Waals surface area contributed by atoms with Crippen LogP contribution in [0.5, 0.6) is 0 Å². The minimum Gasteiger partial charge on any atom is -0.396 e. The van der Waals surface area contributed by atoms with Gasteiger partial charge in [0.1, 0.15) is 0 Å². The zero-order valence-corrected chi connectivity index (χ0v) is 11.3. The number of nitrogens with zero attached hydrogens (tertiary/aromatic N) is 1. The van der Waals surface area contributed by atoms with Crippen LogP contribution in [-0.4, -0.2) is 35.0 Å². The van der Waals surface area contributed by atoms with Gasteiger partial charge in [0.25, 0.3) is 11.8 Å². The average Bonchev–Trinajstić information content (AvgIpc) is 2.63. The van der Waals surface area contributed by atoms with E-state index < -0.39 is 0 Å². The minimum absolute atomic E-state index is 0.0754. The zero-order valence-electron chi connectivity index (χ0n) is 11.3. The molecule has 4 nitrogen and oxygen atoms in total. The Morgan fingerprint density at radius 1 is 1.11 bits per heavy atom. The van der Waals surface area contributed by atoms with Crippen molar-refractivity contribution >= 4 is 11.8 Å². The van der Waals surface area contributed by atoms with E-state index in [1.165, 1.54) is 4.90 Å². The molecule has 0 radical (unpaired) electrons. The van der Waals surface area contributed by atoms with E-state index in [-0.39, 0.29) is 24.3 Å². The molecule has 19 heavy (non-hydrogen) atoms. The summed E-state index contributed by atoms with van der Waals surface area (Å²) in [6, 6.07) is 6.90. The molecule has 0 aromatic heterocycles. The Hall–Kier alpha value is -1.68. The van der Waals surface area contributed by atoms with Crippen molar-refractivity contribution in [3.05, 3.63) is 35.4 Å². The minimum atomic E-state index is -0.218. The van der Waals surface area contributed by atoms with Crippen molar-refractivity contribution in [2.45, 2.75) is 20.3 Å².